The van der Waals surface area contributed by atoms with Gasteiger partial charge in [-0.2, -0.15) is 0 Å². The molecule has 0 spiro atoms. The molecule has 0 aromatic heterocycles. The fraction of sp³-hybridized carbons (Fsp3) is 0.944. The van der Waals surface area contributed by atoms with Crippen molar-refractivity contribution in [2.24, 2.45) is 16.7 Å². The summed E-state index contributed by atoms with van der Waals surface area (Å²) in [5, 5.41) is 3.77. The Bertz CT molecular complexity index is 395. The minimum absolute atomic E-state index is 0.355. The third-order valence-electron chi connectivity index (χ3n) is 6.67. The van der Waals surface area contributed by atoms with Crippen molar-refractivity contribution in [3.8, 4) is 0 Å². The largest absolute Gasteiger partial charge is 0.343 e. The fourth-order valence-electron chi connectivity index (χ4n) is 5.44. The van der Waals surface area contributed by atoms with E-state index in [1.54, 1.807) is 0 Å². The van der Waals surface area contributed by atoms with Gasteiger partial charge in [0.05, 0.1) is 0 Å². The first kappa shape index (κ1) is 15.3. The molecule has 21 heavy (non-hydrogen) atoms. The molecule has 1 saturated heterocycles. The van der Waals surface area contributed by atoms with Crippen molar-refractivity contribution in [2.45, 2.75) is 71.8 Å². The zero-order valence-electron chi connectivity index (χ0n) is 14.1. The summed E-state index contributed by atoms with van der Waals surface area (Å²) in [5.41, 5.74) is 0.851. The van der Waals surface area contributed by atoms with Gasteiger partial charge in [0.2, 0.25) is 5.91 Å². The van der Waals surface area contributed by atoms with Crippen molar-refractivity contribution in [3.63, 3.8) is 0 Å². The van der Waals surface area contributed by atoms with Crippen LogP contribution < -0.4 is 5.32 Å². The van der Waals surface area contributed by atoms with Gasteiger partial charge in [0, 0.05) is 32.1 Å². The van der Waals surface area contributed by atoms with Crippen LogP contribution in [0.3, 0.4) is 0 Å². The first-order valence-electron chi connectivity index (χ1n) is 8.95. The van der Waals surface area contributed by atoms with Gasteiger partial charge in [-0.1, -0.05) is 20.8 Å². The minimum Gasteiger partial charge on any atom is -0.343 e. The highest BCUT2D eigenvalue weighted by Gasteiger charge is 2.58. The van der Waals surface area contributed by atoms with Crippen LogP contribution in [-0.4, -0.2) is 36.5 Å². The Labute approximate surface area is 129 Å². The lowest BCUT2D eigenvalue weighted by Gasteiger charge is -2.43. The molecule has 1 aliphatic heterocycles. The topological polar surface area (TPSA) is 32.3 Å². The summed E-state index contributed by atoms with van der Waals surface area (Å²) in [6.07, 6.45) is 8.47. The summed E-state index contributed by atoms with van der Waals surface area (Å²) in [6, 6.07) is 0.581. The monoisotopic (exact) mass is 292 g/mol. The normalized spacial score (nSPS) is 38.0. The predicted octanol–water partition coefficient (Wildman–Crippen LogP) is 3.19. The van der Waals surface area contributed by atoms with E-state index in [-0.39, 0.29) is 0 Å². The average molecular weight is 292 g/mol. The van der Waals surface area contributed by atoms with E-state index in [2.05, 4.69) is 31.0 Å². The summed E-state index contributed by atoms with van der Waals surface area (Å²) < 4.78 is 0. The minimum atomic E-state index is 0.355. The van der Waals surface area contributed by atoms with E-state index < -0.39 is 0 Å². The highest BCUT2D eigenvalue weighted by atomic mass is 16.2. The maximum atomic E-state index is 12.3. The number of nitrogens with one attached hydrogen (secondary N) is 1. The Kier molecular flexibility index (Phi) is 4.06. The van der Waals surface area contributed by atoms with Crippen LogP contribution in [0.1, 0.15) is 65.7 Å². The summed E-state index contributed by atoms with van der Waals surface area (Å²) in [5.74, 6) is 1.23. The van der Waals surface area contributed by atoms with E-state index >= 15 is 0 Å². The highest BCUT2D eigenvalue weighted by molar-refractivity contribution is 5.76. The van der Waals surface area contributed by atoms with Crippen LogP contribution in [-0.2, 0) is 4.79 Å². The van der Waals surface area contributed by atoms with Gasteiger partial charge in [-0.15, -0.1) is 0 Å². The number of carbonyl (C=O) groups is 1. The third kappa shape index (κ3) is 2.74. The molecule has 3 rings (SSSR count). The molecular formula is C18H32N2O. The molecule has 3 aliphatic rings. The lowest BCUT2D eigenvalue weighted by molar-refractivity contribution is -0.132. The van der Waals surface area contributed by atoms with Crippen LogP contribution in [0.15, 0.2) is 0 Å². The molecule has 2 bridgehead atoms. The van der Waals surface area contributed by atoms with Gasteiger partial charge in [-0.3, -0.25) is 4.79 Å². The lowest BCUT2D eigenvalue weighted by atomic mass is 9.68. The zero-order chi connectivity index (χ0) is 15.1. The molecule has 1 amide bonds. The lowest BCUT2D eigenvalue weighted by Crippen LogP contribution is -2.51. The van der Waals surface area contributed by atoms with Crippen molar-refractivity contribution >= 4 is 5.91 Å². The van der Waals surface area contributed by atoms with E-state index in [0.29, 0.717) is 29.2 Å². The Hall–Kier alpha value is -0.570. The second kappa shape index (κ2) is 5.57. The van der Waals surface area contributed by atoms with Gasteiger partial charge >= 0.3 is 0 Å². The summed E-state index contributed by atoms with van der Waals surface area (Å²) in [7, 11) is 0. The Morgan fingerprint density at radius 2 is 1.90 bits per heavy atom. The number of fused-ring (bicyclic) bond motifs is 2. The number of nitrogens with zero attached hydrogens (tertiary/aromatic N) is 1. The van der Waals surface area contributed by atoms with E-state index in [9.17, 15) is 4.79 Å². The van der Waals surface area contributed by atoms with E-state index in [4.69, 9.17) is 0 Å². The van der Waals surface area contributed by atoms with E-state index in [0.717, 1.165) is 25.6 Å². The van der Waals surface area contributed by atoms with Crippen LogP contribution >= 0.6 is 0 Å². The van der Waals surface area contributed by atoms with E-state index in [1.807, 2.05) is 0 Å². The number of carbonyl (C=O) groups excluding carboxylic acids is 1. The molecule has 1 N–H and O–H groups in total. The van der Waals surface area contributed by atoms with Gasteiger partial charge in [-0.05, 0) is 55.3 Å². The van der Waals surface area contributed by atoms with Gasteiger partial charge in [0.1, 0.15) is 0 Å². The molecule has 120 valence electrons. The molecule has 3 nitrogen and oxygen atoms in total. The van der Waals surface area contributed by atoms with Crippen LogP contribution in [0.25, 0.3) is 0 Å². The molecule has 0 aromatic rings. The molecule has 3 heteroatoms. The van der Waals surface area contributed by atoms with Crippen molar-refractivity contribution in [1.29, 1.82) is 0 Å². The standard InChI is InChI=1S/C18H32N2O/c1-17(2)14-7-9-18(3,13-14)16(17)19-10-8-15(21)20-11-5-4-6-12-20/h14,16,19H,4-13H2,1-3H3. The second-order valence-corrected chi connectivity index (χ2v) is 8.49. The molecule has 3 fully saturated rings. The van der Waals surface area contributed by atoms with Crippen LogP contribution in [0.2, 0.25) is 0 Å². The summed E-state index contributed by atoms with van der Waals surface area (Å²) >= 11 is 0. The van der Waals surface area contributed by atoms with Gasteiger partial charge in [0.15, 0.2) is 0 Å². The number of hydrogen-bond donors (Lipinski definition) is 1. The highest BCUT2D eigenvalue weighted by Crippen LogP contribution is 2.62. The summed E-state index contributed by atoms with van der Waals surface area (Å²) in [4.78, 5) is 14.3. The molecule has 0 aromatic carbocycles. The molecule has 3 unspecified atom stereocenters. The predicted molar refractivity (Wildman–Crippen MR) is 86.1 cm³/mol. The van der Waals surface area contributed by atoms with Crippen LogP contribution in [0, 0.1) is 16.7 Å². The summed E-state index contributed by atoms with van der Waals surface area (Å²) in [6.45, 7) is 10.1. The van der Waals surface area contributed by atoms with Crippen molar-refractivity contribution < 1.29 is 4.79 Å². The first-order chi connectivity index (χ1) is 9.93. The van der Waals surface area contributed by atoms with Crippen molar-refractivity contribution in [2.75, 3.05) is 19.6 Å². The van der Waals surface area contributed by atoms with Gasteiger partial charge in [0.25, 0.3) is 0 Å². The van der Waals surface area contributed by atoms with Crippen LogP contribution in [0.4, 0.5) is 0 Å². The quantitative estimate of drug-likeness (QED) is 0.863. The molecule has 2 aliphatic carbocycles. The fourth-order valence-corrected chi connectivity index (χ4v) is 5.44. The Balaban J connectivity index is 1.50. The average Bonchev–Trinajstić information content (AvgIpc) is 2.94. The smallest absolute Gasteiger partial charge is 0.223 e. The SMILES string of the molecule is CC12CCC(C1)C(C)(C)C2NCCC(=O)N1CCCCC1. The number of likely N-dealkylation sites (tertiary alicyclic amines) is 1. The van der Waals surface area contributed by atoms with Crippen LogP contribution in [0.5, 0.6) is 0 Å². The van der Waals surface area contributed by atoms with E-state index in [1.165, 1.54) is 38.5 Å². The van der Waals surface area contributed by atoms with Gasteiger partial charge in [-0.25, -0.2) is 0 Å². The molecule has 2 saturated carbocycles. The third-order valence-corrected chi connectivity index (χ3v) is 6.67. The second-order valence-electron chi connectivity index (χ2n) is 8.49. The molecule has 3 atom stereocenters. The maximum Gasteiger partial charge on any atom is 0.223 e. The first-order valence-corrected chi connectivity index (χ1v) is 8.95. The zero-order valence-corrected chi connectivity index (χ0v) is 14.1. The van der Waals surface area contributed by atoms with Crippen molar-refractivity contribution in [3.05, 3.63) is 0 Å². The molecule has 1 heterocycles. The number of amides is 1. The van der Waals surface area contributed by atoms with Gasteiger partial charge < -0.3 is 10.2 Å². The van der Waals surface area contributed by atoms with Crippen molar-refractivity contribution in [1.82, 2.24) is 10.2 Å². The number of hydrogen-bond acceptors (Lipinski definition) is 2. The Morgan fingerprint density at radius 3 is 2.52 bits per heavy atom. The number of piperidine rings is 1. The maximum absolute atomic E-state index is 12.3. The molecular weight excluding hydrogens is 260 g/mol. The number of rotatable bonds is 4. The molecule has 0 radical (unpaired) electrons. The Morgan fingerprint density at radius 1 is 1.19 bits per heavy atom.